The fraction of sp³-hybridized carbons (Fsp3) is 0.333. The topological polar surface area (TPSA) is 78.4 Å². The van der Waals surface area contributed by atoms with Crippen molar-refractivity contribution >= 4 is 23.5 Å². The van der Waals surface area contributed by atoms with Gasteiger partial charge in [-0.15, -0.1) is 0 Å². The second-order valence-electron chi connectivity index (χ2n) is 6.23. The van der Waals surface area contributed by atoms with E-state index in [1.54, 1.807) is 4.90 Å². The summed E-state index contributed by atoms with van der Waals surface area (Å²) in [5.41, 5.74) is -1.32. The molecule has 148 valence electrons. The summed E-state index contributed by atoms with van der Waals surface area (Å²) in [5.74, 6) is -0.486. The molecule has 3 rings (SSSR count). The number of piperazine rings is 1. The van der Waals surface area contributed by atoms with Crippen LogP contribution in [0.1, 0.15) is 23.0 Å². The first-order valence-corrected chi connectivity index (χ1v) is 8.57. The fourth-order valence-corrected chi connectivity index (χ4v) is 2.87. The minimum atomic E-state index is -4.59. The molecule has 1 aromatic carbocycles. The molecule has 1 N–H and O–H groups in total. The van der Waals surface area contributed by atoms with Crippen LogP contribution in [0.5, 0.6) is 0 Å². The van der Waals surface area contributed by atoms with Crippen LogP contribution >= 0.6 is 0 Å². The van der Waals surface area contributed by atoms with Crippen molar-refractivity contribution in [2.45, 2.75) is 13.1 Å². The van der Waals surface area contributed by atoms with Crippen LogP contribution < -0.4 is 10.2 Å². The number of nitrogens with zero attached hydrogens (tertiary/aromatic N) is 4. The predicted molar refractivity (Wildman–Crippen MR) is 95.9 cm³/mol. The largest absolute Gasteiger partial charge is 0.418 e. The third-order valence-corrected chi connectivity index (χ3v) is 4.36. The summed E-state index contributed by atoms with van der Waals surface area (Å²) in [6.07, 6.45) is -3.21. The molecule has 1 saturated heterocycles. The van der Waals surface area contributed by atoms with Crippen LogP contribution in [0, 0.1) is 0 Å². The number of nitrogens with one attached hydrogen (secondary N) is 1. The summed E-state index contributed by atoms with van der Waals surface area (Å²) in [6, 6.07) is 6.08. The maximum atomic E-state index is 13.1. The predicted octanol–water partition coefficient (Wildman–Crippen LogP) is 2.42. The Morgan fingerprint density at radius 2 is 1.75 bits per heavy atom. The zero-order valence-corrected chi connectivity index (χ0v) is 15.0. The maximum absolute atomic E-state index is 13.1. The number of hydrogen-bond acceptors (Lipinski definition) is 5. The SMILES string of the molecule is CC(=O)N1CCN(c2nccc(C(=O)Nc3ccccc3C(F)(F)F)n2)CC1. The summed E-state index contributed by atoms with van der Waals surface area (Å²) in [5, 5.41) is 2.26. The van der Waals surface area contributed by atoms with Gasteiger partial charge in [-0.1, -0.05) is 12.1 Å². The van der Waals surface area contributed by atoms with Gasteiger partial charge in [0.1, 0.15) is 5.69 Å². The van der Waals surface area contributed by atoms with E-state index in [-0.39, 0.29) is 17.3 Å². The van der Waals surface area contributed by atoms with E-state index in [0.29, 0.717) is 32.1 Å². The molecule has 0 unspecified atom stereocenters. The lowest BCUT2D eigenvalue weighted by atomic mass is 10.1. The van der Waals surface area contributed by atoms with Crippen LogP contribution in [0.15, 0.2) is 36.5 Å². The molecule has 2 aromatic rings. The lowest BCUT2D eigenvalue weighted by molar-refractivity contribution is -0.137. The van der Waals surface area contributed by atoms with Crippen LogP contribution in [0.2, 0.25) is 0 Å². The van der Waals surface area contributed by atoms with Gasteiger partial charge in [0.15, 0.2) is 0 Å². The molecule has 2 heterocycles. The van der Waals surface area contributed by atoms with Gasteiger partial charge in [0.05, 0.1) is 11.3 Å². The zero-order chi connectivity index (χ0) is 20.3. The van der Waals surface area contributed by atoms with Gasteiger partial charge in [0, 0.05) is 39.3 Å². The summed E-state index contributed by atoms with van der Waals surface area (Å²) < 4.78 is 39.3. The van der Waals surface area contributed by atoms with Gasteiger partial charge in [-0.3, -0.25) is 9.59 Å². The van der Waals surface area contributed by atoms with Gasteiger partial charge >= 0.3 is 6.18 Å². The second kappa shape index (κ2) is 7.83. The van der Waals surface area contributed by atoms with E-state index in [0.717, 1.165) is 6.07 Å². The Labute approximate surface area is 159 Å². The molecule has 0 aliphatic carbocycles. The molecule has 0 bridgehead atoms. The molecule has 1 aliphatic rings. The van der Waals surface area contributed by atoms with Gasteiger partial charge in [-0.05, 0) is 18.2 Å². The minimum Gasteiger partial charge on any atom is -0.339 e. The first-order chi connectivity index (χ1) is 13.3. The standard InChI is InChI=1S/C18H18F3N5O2/c1-12(27)25-8-10-26(11-9-25)17-22-7-6-15(24-17)16(28)23-14-5-3-2-4-13(14)18(19,20)21/h2-7H,8-11H2,1H3,(H,23,28). The third-order valence-electron chi connectivity index (χ3n) is 4.36. The van der Waals surface area contributed by atoms with Crippen molar-refractivity contribution < 1.29 is 22.8 Å². The number of aromatic nitrogens is 2. The Bertz CT molecular complexity index is 880. The number of hydrogen-bond donors (Lipinski definition) is 1. The summed E-state index contributed by atoms with van der Waals surface area (Å²) in [4.78, 5) is 35.6. The van der Waals surface area contributed by atoms with E-state index in [1.165, 1.54) is 37.4 Å². The maximum Gasteiger partial charge on any atom is 0.418 e. The number of carbonyl (C=O) groups excluding carboxylic acids is 2. The molecule has 0 radical (unpaired) electrons. The molecule has 7 nitrogen and oxygen atoms in total. The van der Waals surface area contributed by atoms with Crippen LogP contribution in [0.25, 0.3) is 0 Å². The average molecular weight is 393 g/mol. The number of carbonyl (C=O) groups is 2. The number of halogens is 3. The van der Waals surface area contributed by atoms with Crippen molar-refractivity contribution in [1.29, 1.82) is 0 Å². The van der Waals surface area contributed by atoms with Crippen molar-refractivity contribution in [2.75, 3.05) is 36.4 Å². The molecule has 1 fully saturated rings. The summed E-state index contributed by atoms with van der Waals surface area (Å²) >= 11 is 0. The van der Waals surface area contributed by atoms with Crippen molar-refractivity contribution in [2.24, 2.45) is 0 Å². The number of benzene rings is 1. The molecule has 1 aromatic heterocycles. The number of para-hydroxylation sites is 1. The quantitative estimate of drug-likeness (QED) is 0.867. The highest BCUT2D eigenvalue weighted by molar-refractivity contribution is 6.03. The van der Waals surface area contributed by atoms with Gasteiger partial charge < -0.3 is 15.1 Å². The normalized spacial score (nSPS) is 14.7. The second-order valence-corrected chi connectivity index (χ2v) is 6.23. The van der Waals surface area contributed by atoms with Gasteiger partial charge in [0.25, 0.3) is 5.91 Å². The summed E-state index contributed by atoms with van der Waals surface area (Å²) in [7, 11) is 0. The highest BCUT2D eigenvalue weighted by Crippen LogP contribution is 2.34. The third kappa shape index (κ3) is 4.38. The van der Waals surface area contributed by atoms with E-state index in [4.69, 9.17) is 0 Å². The van der Waals surface area contributed by atoms with E-state index < -0.39 is 17.6 Å². The number of rotatable bonds is 3. The fourth-order valence-electron chi connectivity index (χ4n) is 2.87. The Balaban J connectivity index is 1.75. The first kappa shape index (κ1) is 19.6. The molecule has 0 saturated carbocycles. The van der Waals surface area contributed by atoms with E-state index in [9.17, 15) is 22.8 Å². The molecule has 1 aliphatic heterocycles. The van der Waals surface area contributed by atoms with Gasteiger partial charge in [0.2, 0.25) is 11.9 Å². The lowest BCUT2D eigenvalue weighted by Crippen LogP contribution is -2.48. The van der Waals surface area contributed by atoms with Crippen molar-refractivity contribution in [1.82, 2.24) is 14.9 Å². The van der Waals surface area contributed by atoms with E-state index in [1.807, 2.05) is 4.90 Å². The Hall–Kier alpha value is -3.17. The van der Waals surface area contributed by atoms with E-state index >= 15 is 0 Å². The van der Waals surface area contributed by atoms with Crippen molar-refractivity contribution in [3.05, 3.63) is 47.8 Å². The Kier molecular flexibility index (Phi) is 5.48. The van der Waals surface area contributed by atoms with Gasteiger partial charge in [-0.25, -0.2) is 9.97 Å². The smallest absolute Gasteiger partial charge is 0.339 e. The van der Waals surface area contributed by atoms with Crippen molar-refractivity contribution in [3.8, 4) is 0 Å². The summed E-state index contributed by atoms with van der Waals surface area (Å²) in [6.45, 7) is 3.52. The molecular formula is C18H18F3N5O2. The Morgan fingerprint density at radius 1 is 1.07 bits per heavy atom. The van der Waals surface area contributed by atoms with Crippen LogP contribution in [-0.4, -0.2) is 52.9 Å². The number of alkyl halides is 3. The molecule has 28 heavy (non-hydrogen) atoms. The molecule has 0 spiro atoms. The first-order valence-electron chi connectivity index (χ1n) is 8.57. The highest BCUT2D eigenvalue weighted by atomic mass is 19.4. The van der Waals surface area contributed by atoms with Crippen LogP contribution in [-0.2, 0) is 11.0 Å². The minimum absolute atomic E-state index is 0.0166. The average Bonchev–Trinajstić information content (AvgIpc) is 2.68. The van der Waals surface area contributed by atoms with Crippen LogP contribution in [0.4, 0.5) is 24.8 Å². The lowest BCUT2D eigenvalue weighted by Gasteiger charge is -2.34. The molecule has 0 atom stereocenters. The molecule has 2 amide bonds. The monoisotopic (exact) mass is 393 g/mol. The van der Waals surface area contributed by atoms with Crippen molar-refractivity contribution in [3.63, 3.8) is 0 Å². The van der Waals surface area contributed by atoms with Crippen LogP contribution in [0.3, 0.4) is 0 Å². The molecular weight excluding hydrogens is 375 g/mol. The van der Waals surface area contributed by atoms with Gasteiger partial charge in [-0.2, -0.15) is 13.2 Å². The number of anilines is 2. The number of amides is 2. The highest BCUT2D eigenvalue weighted by Gasteiger charge is 2.33. The zero-order valence-electron chi connectivity index (χ0n) is 15.0. The molecule has 10 heteroatoms. The van der Waals surface area contributed by atoms with E-state index in [2.05, 4.69) is 15.3 Å². The Morgan fingerprint density at radius 3 is 2.39 bits per heavy atom.